The molecule has 1 fully saturated rings. The summed E-state index contributed by atoms with van der Waals surface area (Å²) < 4.78 is 1.80. The van der Waals surface area contributed by atoms with Crippen LogP contribution in [0.2, 0.25) is 0 Å². The Labute approximate surface area is 167 Å². The van der Waals surface area contributed by atoms with Crippen LogP contribution in [0.5, 0.6) is 0 Å². The number of carbonyl (C=O) groups excluding carboxylic acids is 2. The molecule has 0 unspecified atom stereocenters. The molecule has 2 N–H and O–H groups in total. The van der Waals surface area contributed by atoms with Gasteiger partial charge in [-0.1, -0.05) is 6.07 Å². The molecule has 0 aliphatic carbocycles. The van der Waals surface area contributed by atoms with Crippen LogP contribution >= 0.6 is 0 Å². The molecule has 0 spiro atoms. The zero-order valence-electron chi connectivity index (χ0n) is 16.3. The molecular weight excluding hydrogens is 374 g/mol. The van der Waals surface area contributed by atoms with Gasteiger partial charge in [-0.3, -0.25) is 19.2 Å². The van der Waals surface area contributed by atoms with Crippen LogP contribution in [-0.2, 0) is 9.59 Å². The van der Waals surface area contributed by atoms with Gasteiger partial charge in [-0.15, -0.1) is 0 Å². The Balaban J connectivity index is 1.70. The Morgan fingerprint density at radius 2 is 2.03 bits per heavy atom. The van der Waals surface area contributed by atoms with Crippen LogP contribution in [-0.4, -0.2) is 51.9 Å². The van der Waals surface area contributed by atoms with Gasteiger partial charge in [-0.25, -0.2) is 4.79 Å². The molecule has 0 bridgehead atoms. The number of hydrogen-bond donors (Lipinski definition) is 2. The van der Waals surface area contributed by atoms with Crippen molar-refractivity contribution in [2.45, 2.75) is 38.8 Å². The molecule has 1 saturated heterocycles. The lowest BCUT2D eigenvalue weighted by molar-refractivity contribution is -0.123. The van der Waals surface area contributed by atoms with Crippen molar-refractivity contribution in [2.75, 3.05) is 22.9 Å². The molecule has 2 atom stereocenters. The average molecular weight is 397 g/mol. The minimum Gasteiger partial charge on any atom is -0.465 e. The molecule has 2 aliphatic heterocycles. The van der Waals surface area contributed by atoms with Crippen LogP contribution in [0, 0.1) is 0 Å². The fraction of sp³-hybridized carbons (Fsp3) is 0.400. The van der Waals surface area contributed by atoms with Crippen LogP contribution in [0.4, 0.5) is 16.2 Å². The number of carbonyl (C=O) groups is 3. The maximum atomic E-state index is 12.1. The van der Waals surface area contributed by atoms with Crippen molar-refractivity contribution in [3.8, 4) is 11.1 Å². The molecule has 9 heteroatoms. The van der Waals surface area contributed by atoms with E-state index in [0.717, 1.165) is 17.5 Å². The van der Waals surface area contributed by atoms with E-state index in [1.54, 1.807) is 27.9 Å². The fourth-order valence-corrected chi connectivity index (χ4v) is 4.14. The molecule has 1 aromatic heterocycles. The van der Waals surface area contributed by atoms with Crippen molar-refractivity contribution in [3.63, 3.8) is 0 Å². The van der Waals surface area contributed by atoms with E-state index in [-0.39, 0.29) is 30.4 Å². The number of amides is 3. The summed E-state index contributed by atoms with van der Waals surface area (Å²) in [6.07, 6.45) is 3.75. The van der Waals surface area contributed by atoms with Crippen molar-refractivity contribution in [1.29, 1.82) is 0 Å². The number of nitrogens with zero attached hydrogens (tertiary/aromatic N) is 4. The first kappa shape index (κ1) is 19.0. The van der Waals surface area contributed by atoms with Gasteiger partial charge in [0.05, 0.1) is 29.7 Å². The van der Waals surface area contributed by atoms with Crippen LogP contribution in [0.1, 0.15) is 32.7 Å². The minimum atomic E-state index is -1.05. The summed E-state index contributed by atoms with van der Waals surface area (Å²) >= 11 is 0. The standard InChI is InChI=1S/C20H23N5O4/c1-12-10-23(20(28)29)18-7-14(3-4-17(18)25(12)13(2)26)15-9-22-24(11-15)16-5-6-21-19(27)8-16/h3-4,7,9,11-12,16H,5-6,8,10H2,1-2H3,(H,21,27)(H,28,29)/t12-,16-/m0/s1. The number of rotatable bonds is 2. The second-order valence-corrected chi connectivity index (χ2v) is 7.54. The van der Waals surface area contributed by atoms with Crippen molar-refractivity contribution in [3.05, 3.63) is 30.6 Å². The number of aromatic nitrogens is 2. The monoisotopic (exact) mass is 397 g/mol. The van der Waals surface area contributed by atoms with E-state index in [1.807, 2.05) is 19.2 Å². The smallest absolute Gasteiger partial charge is 0.411 e. The maximum Gasteiger partial charge on any atom is 0.411 e. The molecule has 0 radical (unpaired) electrons. The van der Waals surface area contributed by atoms with Crippen LogP contribution in [0.3, 0.4) is 0 Å². The Hall–Kier alpha value is -3.36. The van der Waals surface area contributed by atoms with Gasteiger partial charge in [0.2, 0.25) is 11.8 Å². The summed E-state index contributed by atoms with van der Waals surface area (Å²) in [5, 5.41) is 16.9. The SMILES string of the molecule is CC(=O)N1c2ccc(-c3cnn([C@H]4CCNC(=O)C4)c3)cc2N(C(=O)O)C[C@@H]1C. The molecular formula is C20H23N5O4. The van der Waals surface area contributed by atoms with Crippen LogP contribution in [0.25, 0.3) is 11.1 Å². The van der Waals surface area contributed by atoms with Gasteiger partial charge < -0.3 is 15.3 Å². The van der Waals surface area contributed by atoms with Gasteiger partial charge in [-0.05, 0) is 31.0 Å². The van der Waals surface area contributed by atoms with E-state index in [0.29, 0.717) is 24.3 Å². The lowest BCUT2D eigenvalue weighted by atomic mass is 10.0. The number of nitrogens with one attached hydrogen (secondary N) is 1. The Morgan fingerprint density at radius 3 is 2.72 bits per heavy atom. The molecule has 0 saturated carbocycles. The van der Waals surface area contributed by atoms with E-state index < -0.39 is 6.09 Å². The third-order valence-corrected chi connectivity index (χ3v) is 5.51. The van der Waals surface area contributed by atoms with Crippen LogP contribution < -0.4 is 15.1 Å². The predicted octanol–water partition coefficient (Wildman–Crippen LogP) is 2.24. The van der Waals surface area contributed by atoms with Gasteiger partial charge in [0.15, 0.2) is 0 Å². The molecule has 1 aromatic carbocycles. The van der Waals surface area contributed by atoms with Crippen molar-refractivity contribution >= 4 is 29.3 Å². The van der Waals surface area contributed by atoms with Crippen molar-refractivity contribution in [2.24, 2.45) is 0 Å². The minimum absolute atomic E-state index is 0.0136. The van der Waals surface area contributed by atoms with Crippen molar-refractivity contribution < 1.29 is 19.5 Å². The van der Waals surface area contributed by atoms with Gasteiger partial charge in [0.1, 0.15) is 0 Å². The summed E-state index contributed by atoms with van der Waals surface area (Å²) in [7, 11) is 0. The van der Waals surface area contributed by atoms with E-state index in [4.69, 9.17) is 0 Å². The lowest BCUT2D eigenvalue weighted by Crippen LogP contribution is -2.51. The second kappa shape index (κ2) is 7.23. The van der Waals surface area contributed by atoms with Gasteiger partial charge >= 0.3 is 6.09 Å². The summed E-state index contributed by atoms with van der Waals surface area (Å²) in [6.45, 7) is 4.15. The summed E-state index contributed by atoms with van der Waals surface area (Å²) in [4.78, 5) is 38.5. The molecule has 3 amide bonds. The number of carboxylic acid groups (broad SMARTS) is 1. The highest BCUT2D eigenvalue weighted by atomic mass is 16.4. The molecule has 4 rings (SSSR count). The highest BCUT2D eigenvalue weighted by Crippen LogP contribution is 2.39. The largest absolute Gasteiger partial charge is 0.465 e. The molecule has 2 aliphatic rings. The van der Waals surface area contributed by atoms with E-state index in [9.17, 15) is 19.5 Å². The first-order valence-corrected chi connectivity index (χ1v) is 9.60. The van der Waals surface area contributed by atoms with Gasteiger partial charge in [-0.2, -0.15) is 5.10 Å². The molecule has 29 heavy (non-hydrogen) atoms. The molecule has 2 aromatic rings. The zero-order valence-corrected chi connectivity index (χ0v) is 16.3. The molecule has 3 heterocycles. The van der Waals surface area contributed by atoms with Crippen molar-refractivity contribution in [1.82, 2.24) is 15.1 Å². The average Bonchev–Trinajstić information content (AvgIpc) is 3.16. The molecule has 152 valence electrons. The first-order valence-electron chi connectivity index (χ1n) is 9.60. The summed E-state index contributed by atoms with van der Waals surface area (Å²) in [5.74, 6) is -0.109. The van der Waals surface area contributed by atoms with E-state index in [1.165, 1.54) is 11.8 Å². The topological polar surface area (TPSA) is 108 Å². The maximum absolute atomic E-state index is 12.1. The third kappa shape index (κ3) is 3.43. The summed E-state index contributed by atoms with van der Waals surface area (Å²) in [5.41, 5.74) is 2.70. The number of fused-ring (bicyclic) bond motifs is 1. The number of benzene rings is 1. The fourth-order valence-electron chi connectivity index (χ4n) is 4.14. The first-order chi connectivity index (χ1) is 13.8. The third-order valence-electron chi connectivity index (χ3n) is 5.51. The zero-order chi connectivity index (χ0) is 20.7. The Kier molecular flexibility index (Phi) is 4.73. The normalized spacial score (nSPS) is 21.5. The Bertz CT molecular complexity index is 985. The van der Waals surface area contributed by atoms with Gasteiger partial charge in [0, 0.05) is 38.2 Å². The number of hydrogen-bond acceptors (Lipinski definition) is 4. The van der Waals surface area contributed by atoms with Gasteiger partial charge in [0.25, 0.3) is 0 Å². The molecule has 9 nitrogen and oxygen atoms in total. The Morgan fingerprint density at radius 1 is 1.24 bits per heavy atom. The highest BCUT2D eigenvalue weighted by molar-refractivity contribution is 6.02. The lowest BCUT2D eigenvalue weighted by Gasteiger charge is -2.39. The number of piperidine rings is 1. The highest BCUT2D eigenvalue weighted by Gasteiger charge is 2.33. The van der Waals surface area contributed by atoms with E-state index >= 15 is 0 Å². The second-order valence-electron chi connectivity index (χ2n) is 7.54. The van der Waals surface area contributed by atoms with Crippen LogP contribution in [0.15, 0.2) is 30.6 Å². The quantitative estimate of drug-likeness (QED) is 0.808. The summed E-state index contributed by atoms with van der Waals surface area (Å²) in [6, 6.07) is 5.19. The predicted molar refractivity (Wildman–Crippen MR) is 107 cm³/mol. The van der Waals surface area contributed by atoms with E-state index in [2.05, 4.69) is 10.4 Å². The number of anilines is 2.